The van der Waals surface area contributed by atoms with Gasteiger partial charge in [0.2, 0.25) is 0 Å². The van der Waals surface area contributed by atoms with Crippen LogP contribution in [0.3, 0.4) is 0 Å². The molecule has 124 valence electrons. The van der Waals surface area contributed by atoms with Gasteiger partial charge in [-0.15, -0.1) is 0 Å². The minimum absolute atomic E-state index is 0.148. The van der Waals surface area contributed by atoms with E-state index in [1.807, 2.05) is 30.3 Å². The van der Waals surface area contributed by atoms with Gasteiger partial charge in [-0.1, -0.05) is 30.3 Å². The van der Waals surface area contributed by atoms with Gasteiger partial charge in [-0.3, -0.25) is 0 Å². The molecular formula is C15H20F2O5. The van der Waals surface area contributed by atoms with Crippen LogP contribution in [0.15, 0.2) is 30.3 Å². The van der Waals surface area contributed by atoms with E-state index in [2.05, 4.69) is 0 Å². The second kappa shape index (κ2) is 7.43. The molecule has 0 saturated carbocycles. The second-order valence-electron chi connectivity index (χ2n) is 5.06. The van der Waals surface area contributed by atoms with Gasteiger partial charge in [0, 0.05) is 6.61 Å². The number of hydrogen-bond donors (Lipinski definition) is 2. The fourth-order valence-electron chi connectivity index (χ4n) is 2.21. The summed E-state index contributed by atoms with van der Waals surface area (Å²) in [4.78, 5) is 0. The lowest BCUT2D eigenvalue weighted by atomic mass is 9.98. The van der Waals surface area contributed by atoms with Gasteiger partial charge in [-0.2, -0.15) is 0 Å². The average molecular weight is 318 g/mol. The maximum absolute atomic E-state index is 14.0. The van der Waals surface area contributed by atoms with Crippen molar-refractivity contribution in [1.82, 2.24) is 0 Å². The van der Waals surface area contributed by atoms with E-state index in [-0.39, 0.29) is 13.2 Å². The quantitative estimate of drug-likeness (QED) is 0.828. The zero-order valence-electron chi connectivity index (χ0n) is 12.2. The lowest BCUT2D eigenvalue weighted by molar-refractivity contribution is -0.345. The first kappa shape index (κ1) is 17.2. The van der Waals surface area contributed by atoms with Crippen molar-refractivity contribution in [3.63, 3.8) is 0 Å². The number of alkyl halides is 2. The molecule has 2 rings (SSSR count). The number of benzene rings is 1. The molecule has 7 heteroatoms. The van der Waals surface area contributed by atoms with Crippen LogP contribution in [-0.4, -0.2) is 54.0 Å². The fraction of sp³-hybridized carbons (Fsp3) is 0.600. The normalized spacial score (nSPS) is 31.1. The van der Waals surface area contributed by atoms with E-state index in [4.69, 9.17) is 14.2 Å². The molecule has 1 fully saturated rings. The molecule has 1 aliphatic rings. The van der Waals surface area contributed by atoms with Crippen LogP contribution in [0, 0.1) is 0 Å². The van der Waals surface area contributed by atoms with Gasteiger partial charge < -0.3 is 24.4 Å². The molecule has 1 aromatic rings. The summed E-state index contributed by atoms with van der Waals surface area (Å²) in [5.41, 5.74) is 0.837. The molecule has 1 heterocycles. The van der Waals surface area contributed by atoms with Crippen LogP contribution in [0.5, 0.6) is 0 Å². The van der Waals surface area contributed by atoms with Crippen LogP contribution in [0.25, 0.3) is 0 Å². The summed E-state index contributed by atoms with van der Waals surface area (Å²) >= 11 is 0. The molecule has 0 unspecified atom stereocenters. The van der Waals surface area contributed by atoms with Crippen molar-refractivity contribution in [1.29, 1.82) is 0 Å². The van der Waals surface area contributed by atoms with Crippen LogP contribution in [0.1, 0.15) is 12.5 Å². The third-order valence-electron chi connectivity index (χ3n) is 3.44. The van der Waals surface area contributed by atoms with Crippen molar-refractivity contribution < 1.29 is 33.2 Å². The SMILES string of the molecule is CCO[C@H]1O[C@H](COCc2ccccc2)C(F)(F)[C@H](O)[C@@H]1O. The Morgan fingerprint density at radius 2 is 1.91 bits per heavy atom. The van der Waals surface area contributed by atoms with Crippen molar-refractivity contribution in [2.24, 2.45) is 0 Å². The van der Waals surface area contributed by atoms with E-state index >= 15 is 0 Å². The largest absolute Gasteiger partial charge is 0.385 e. The average Bonchev–Trinajstić information content (AvgIpc) is 2.51. The molecule has 0 amide bonds. The molecule has 2 N–H and O–H groups in total. The van der Waals surface area contributed by atoms with Crippen LogP contribution in [-0.2, 0) is 20.8 Å². The molecule has 1 aromatic carbocycles. The first-order valence-electron chi connectivity index (χ1n) is 7.09. The molecule has 22 heavy (non-hydrogen) atoms. The van der Waals surface area contributed by atoms with Crippen molar-refractivity contribution in [3.05, 3.63) is 35.9 Å². The third kappa shape index (κ3) is 3.80. The number of aliphatic hydroxyl groups is 2. The van der Waals surface area contributed by atoms with Gasteiger partial charge in [0.05, 0.1) is 13.2 Å². The summed E-state index contributed by atoms with van der Waals surface area (Å²) in [6, 6.07) is 9.08. The highest BCUT2D eigenvalue weighted by atomic mass is 19.3. The molecule has 5 nitrogen and oxygen atoms in total. The maximum Gasteiger partial charge on any atom is 0.304 e. The number of hydrogen-bond acceptors (Lipinski definition) is 5. The van der Waals surface area contributed by atoms with Crippen molar-refractivity contribution in [2.45, 2.75) is 44.1 Å². The topological polar surface area (TPSA) is 68.2 Å². The van der Waals surface area contributed by atoms with Crippen LogP contribution in [0.4, 0.5) is 8.78 Å². The minimum atomic E-state index is -3.62. The lowest BCUT2D eigenvalue weighted by Gasteiger charge is -2.42. The number of halogens is 2. The van der Waals surface area contributed by atoms with Crippen LogP contribution < -0.4 is 0 Å². The standard InChI is InChI=1S/C15H20F2O5/c1-2-21-14-12(18)13(19)15(16,17)11(22-14)9-20-8-10-6-4-3-5-7-10/h3-7,11-14,18-19H,2,8-9H2,1H3/t11-,12+,13-,14+/m1/s1. The van der Waals surface area contributed by atoms with Crippen molar-refractivity contribution >= 4 is 0 Å². The smallest absolute Gasteiger partial charge is 0.304 e. The Labute approximate surface area is 127 Å². The van der Waals surface area contributed by atoms with Crippen molar-refractivity contribution in [3.8, 4) is 0 Å². The third-order valence-corrected chi connectivity index (χ3v) is 3.44. The molecular weight excluding hydrogens is 298 g/mol. The summed E-state index contributed by atoms with van der Waals surface area (Å²) < 4.78 is 43.3. The van der Waals surface area contributed by atoms with Gasteiger partial charge in [0.1, 0.15) is 6.10 Å². The van der Waals surface area contributed by atoms with E-state index < -0.39 is 37.1 Å². The Kier molecular flexibility index (Phi) is 5.82. The predicted molar refractivity (Wildman–Crippen MR) is 73.3 cm³/mol. The summed E-state index contributed by atoms with van der Waals surface area (Å²) in [7, 11) is 0. The highest BCUT2D eigenvalue weighted by molar-refractivity contribution is 5.13. The Bertz CT molecular complexity index is 457. The van der Waals surface area contributed by atoms with E-state index in [9.17, 15) is 19.0 Å². The molecule has 4 atom stereocenters. The first-order valence-corrected chi connectivity index (χ1v) is 7.09. The van der Waals surface area contributed by atoms with Crippen LogP contribution in [0.2, 0.25) is 0 Å². The number of ether oxygens (including phenoxy) is 3. The lowest BCUT2D eigenvalue weighted by Crippen LogP contribution is -2.63. The minimum Gasteiger partial charge on any atom is -0.385 e. The molecule has 1 saturated heterocycles. The zero-order valence-corrected chi connectivity index (χ0v) is 12.2. The zero-order chi connectivity index (χ0) is 16.2. The van der Waals surface area contributed by atoms with Gasteiger partial charge >= 0.3 is 5.92 Å². The molecule has 0 radical (unpaired) electrons. The van der Waals surface area contributed by atoms with E-state index in [1.165, 1.54) is 0 Å². The fourth-order valence-corrected chi connectivity index (χ4v) is 2.21. The van der Waals surface area contributed by atoms with Gasteiger partial charge in [0.15, 0.2) is 18.5 Å². The van der Waals surface area contributed by atoms with Crippen LogP contribution >= 0.6 is 0 Å². The Morgan fingerprint density at radius 1 is 1.23 bits per heavy atom. The molecule has 0 aliphatic carbocycles. The number of rotatable bonds is 6. The Balaban J connectivity index is 1.95. The van der Waals surface area contributed by atoms with Gasteiger partial charge in [0.25, 0.3) is 0 Å². The monoisotopic (exact) mass is 318 g/mol. The predicted octanol–water partition coefficient (Wildman–Crippen LogP) is 1.32. The Hall–Kier alpha value is -1.12. The van der Waals surface area contributed by atoms with E-state index in [1.54, 1.807) is 6.92 Å². The molecule has 0 aromatic heterocycles. The Morgan fingerprint density at radius 3 is 2.55 bits per heavy atom. The summed E-state index contributed by atoms with van der Waals surface area (Å²) in [5.74, 6) is -3.62. The maximum atomic E-state index is 14.0. The van der Waals surface area contributed by atoms with Gasteiger partial charge in [-0.25, -0.2) is 8.78 Å². The summed E-state index contributed by atoms with van der Waals surface area (Å²) in [6.07, 6.45) is -7.06. The molecule has 1 aliphatic heterocycles. The second-order valence-corrected chi connectivity index (χ2v) is 5.06. The first-order chi connectivity index (χ1) is 10.5. The highest BCUT2D eigenvalue weighted by Gasteiger charge is 2.57. The molecule has 0 bridgehead atoms. The van der Waals surface area contributed by atoms with Crippen molar-refractivity contribution in [2.75, 3.05) is 13.2 Å². The number of aliphatic hydroxyl groups excluding tert-OH is 2. The summed E-state index contributed by atoms with van der Waals surface area (Å²) in [5, 5.41) is 19.2. The molecule has 0 spiro atoms. The van der Waals surface area contributed by atoms with Gasteiger partial charge in [-0.05, 0) is 12.5 Å². The van der Waals surface area contributed by atoms with E-state index in [0.717, 1.165) is 5.56 Å². The summed E-state index contributed by atoms with van der Waals surface area (Å²) in [6.45, 7) is 1.53. The highest BCUT2D eigenvalue weighted by Crippen LogP contribution is 2.35. The van der Waals surface area contributed by atoms with E-state index in [0.29, 0.717) is 0 Å².